The molecule has 1 aromatic carbocycles. The van der Waals surface area contributed by atoms with Crippen molar-refractivity contribution in [1.82, 2.24) is 25.9 Å². The van der Waals surface area contributed by atoms with Crippen LogP contribution in [0.5, 0.6) is 5.75 Å². The third-order valence-electron chi connectivity index (χ3n) is 5.15. The number of rotatable bonds is 14. The van der Waals surface area contributed by atoms with Crippen LogP contribution < -0.4 is 21.7 Å². The molecule has 0 aliphatic heterocycles. The van der Waals surface area contributed by atoms with Crippen LogP contribution in [0.15, 0.2) is 36.8 Å². The highest BCUT2D eigenvalue weighted by molar-refractivity contribution is 7.80. The highest BCUT2D eigenvalue weighted by Gasteiger charge is 2.31. The number of hydrogen-bond acceptors (Lipinski definition) is 9. The van der Waals surface area contributed by atoms with Crippen LogP contribution in [0.2, 0.25) is 0 Å². The number of phenolic OH excluding ortho intramolecular Hbond substituents is 1. The number of aromatic nitrogens is 2. The summed E-state index contributed by atoms with van der Waals surface area (Å²) in [6, 6.07) is 0.778. The number of carbonyl (C=O) groups excluding carboxylic acids is 3. The number of nitrogens with two attached hydrogens (primary N) is 1. The van der Waals surface area contributed by atoms with Gasteiger partial charge in [0.25, 0.3) is 0 Å². The van der Waals surface area contributed by atoms with E-state index in [9.17, 15) is 34.2 Å². The zero-order valence-corrected chi connectivity index (χ0v) is 20.4. The predicted octanol–water partition coefficient (Wildman–Crippen LogP) is -1.83. The number of carboxylic acids is 2. The van der Waals surface area contributed by atoms with Gasteiger partial charge in [0, 0.05) is 24.1 Å². The van der Waals surface area contributed by atoms with E-state index in [2.05, 4.69) is 38.5 Å². The van der Waals surface area contributed by atoms with Crippen molar-refractivity contribution in [3.8, 4) is 5.75 Å². The van der Waals surface area contributed by atoms with Crippen LogP contribution in [0.1, 0.15) is 17.7 Å². The van der Waals surface area contributed by atoms with Gasteiger partial charge in [0.05, 0.1) is 18.8 Å². The Kier molecular flexibility index (Phi) is 10.9. The maximum absolute atomic E-state index is 12.9. The Hall–Kier alpha value is -4.11. The quantitative estimate of drug-likeness (QED) is 0.122. The lowest BCUT2D eigenvalue weighted by Crippen LogP contribution is -2.58. The molecule has 0 aliphatic carbocycles. The Morgan fingerprint density at radius 2 is 1.51 bits per heavy atom. The van der Waals surface area contributed by atoms with E-state index in [-0.39, 0.29) is 24.3 Å². The van der Waals surface area contributed by atoms with Crippen LogP contribution in [0, 0.1) is 0 Å². The highest BCUT2D eigenvalue weighted by atomic mass is 32.1. The number of amides is 3. The first-order valence-corrected chi connectivity index (χ1v) is 11.6. The number of nitrogens with one attached hydrogen (secondary N) is 4. The predicted molar refractivity (Wildman–Crippen MR) is 132 cm³/mol. The summed E-state index contributed by atoms with van der Waals surface area (Å²) in [4.78, 5) is 67.2. The fraction of sp³-hybridized carbons (Fsp3) is 0.364. The Bertz CT molecular complexity index is 1100. The van der Waals surface area contributed by atoms with Crippen molar-refractivity contribution in [3.05, 3.63) is 48.0 Å². The minimum Gasteiger partial charge on any atom is -0.508 e. The number of benzene rings is 1. The normalized spacial score (nSPS) is 14.0. The molecule has 9 N–H and O–H groups in total. The number of carbonyl (C=O) groups is 5. The Labute approximate surface area is 216 Å². The minimum atomic E-state index is -1.73. The van der Waals surface area contributed by atoms with Gasteiger partial charge >= 0.3 is 11.9 Å². The largest absolute Gasteiger partial charge is 0.508 e. The van der Waals surface area contributed by atoms with Crippen molar-refractivity contribution in [2.75, 3.05) is 5.75 Å². The average molecular weight is 537 g/mol. The van der Waals surface area contributed by atoms with Crippen molar-refractivity contribution in [2.45, 2.75) is 43.4 Å². The lowest BCUT2D eigenvalue weighted by atomic mass is 10.1. The van der Waals surface area contributed by atoms with Crippen LogP contribution in [0.25, 0.3) is 0 Å². The molecule has 0 fully saturated rings. The summed E-state index contributed by atoms with van der Waals surface area (Å²) in [6.45, 7) is 0. The summed E-state index contributed by atoms with van der Waals surface area (Å²) in [5.41, 5.74) is 7.05. The summed E-state index contributed by atoms with van der Waals surface area (Å²) in [5.74, 6) is -5.52. The summed E-state index contributed by atoms with van der Waals surface area (Å²) < 4.78 is 0. The average Bonchev–Trinajstić information content (AvgIpc) is 3.35. The van der Waals surface area contributed by atoms with E-state index in [0.29, 0.717) is 11.3 Å². The standard InChI is InChI=1S/C22H28N6O8S/c23-14(5-11-1-3-13(29)4-2-11)19(32)28-17(9-37)21(34)26-15(6-12-8-24-10-25-12)20(33)27-16(22(35)36)7-18(30)31/h1-4,8,10,14-17,29,37H,5-7,9,23H2,(H,24,25)(H,26,34)(H,27,33)(H,28,32)(H,30,31)(H,35,36). The molecule has 0 radical (unpaired) electrons. The van der Waals surface area contributed by atoms with Crippen LogP contribution in [-0.2, 0) is 36.8 Å². The fourth-order valence-corrected chi connectivity index (χ4v) is 3.45. The summed E-state index contributed by atoms with van der Waals surface area (Å²) in [6.07, 6.45) is 1.84. The molecule has 14 nitrogen and oxygen atoms in total. The van der Waals surface area contributed by atoms with Crippen molar-refractivity contribution in [2.24, 2.45) is 5.73 Å². The highest BCUT2D eigenvalue weighted by Crippen LogP contribution is 2.11. The summed E-state index contributed by atoms with van der Waals surface area (Å²) in [7, 11) is 0. The van der Waals surface area contributed by atoms with E-state index in [0.717, 1.165) is 0 Å². The van der Waals surface area contributed by atoms with Gasteiger partial charge in [-0.15, -0.1) is 0 Å². The topological polar surface area (TPSA) is 237 Å². The van der Waals surface area contributed by atoms with Crippen LogP contribution in [0.4, 0.5) is 0 Å². The van der Waals surface area contributed by atoms with E-state index in [4.69, 9.17) is 10.8 Å². The Morgan fingerprint density at radius 3 is 2.05 bits per heavy atom. The van der Waals surface area contributed by atoms with Crippen molar-refractivity contribution >= 4 is 42.3 Å². The van der Waals surface area contributed by atoms with Crippen LogP contribution >= 0.6 is 12.6 Å². The molecule has 200 valence electrons. The first-order valence-electron chi connectivity index (χ1n) is 11.0. The number of carboxylic acid groups (broad SMARTS) is 2. The zero-order chi connectivity index (χ0) is 27.5. The molecule has 4 atom stereocenters. The Morgan fingerprint density at radius 1 is 0.919 bits per heavy atom. The van der Waals surface area contributed by atoms with Gasteiger partial charge in [0.1, 0.15) is 23.9 Å². The molecule has 3 amide bonds. The van der Waals surface area contributed by atoms with Gasteiger partial charge in [-0.1, -0.05) is 12.1 Å². The molecule has 1 heterocycles. The number of hydrogen-bond donors (Lipinski definition) is 9. The second kappa shape index (κ2) is 13.8. The number of aliphatic carboxylic acids is 2. The molecule has 4 unspecified atom stereocenters. The second-order valence-electron chi connectivity index (χ2n) is 8.06. The summed E-state index contributed by atoms with van der Waals surface area (Å²) >= 11 is 4.09. The molecule has 2 rings (SSSR count). The van der Waals surface area contributed by atoms with Gasteiger partial charge in [-0.25, -0.2) is 9.78 Å². The van der Waals surface area contributed by atoms with Gasteiger partial charge in [-0.3, -0.25) is 19.2 Å². The number of nitrogens with zero attached hydrogens (tertiary/aromatic N) is 1. The number of phenols is 1. The van der Waals surface area contributed by atoms with Gasteiger partial charge < -0.3 is 42.0 Å². The van der Waals surface area contributed by atoms with Crippen molar-refractivity contribution in [3.63, 3.8) is 0 Å². The molecule has 15 heteroatoms. The van der Waals surface area contributed by atoms with Crippen LogP contribution in [-0.4, -0.2) is 84.9 Å². The number of aromatic amines is 1. The molecule has 0 saturated heterocycles. The second-order valence-corrected chi connectivity index (χ2v) is 8.43. The van der Waals surface area contributed by atoms with E-state index < -0.39 is 60.2 Å². The molecular weight excluding hydrogens is 508 g/mol. The van der Waals surface area contributed by atoms with Crippen LogP contribution in [0.3, 0.4) is 0 Å². The maximum atomic E-state index is 12.9. The lowest BCUT2D eigenvalue weighted by molar-refractivity contribution is -0.147. The molecular formula is C22H28N6O8S. The molecule has 0 spiro atoms. The van der Waals surface area contributed by atoms with Gasteiger partial charge in [0.15, 0.2) is 0 Å². The smallest absolute Gasteiger partial charge is 0.326 e. The lowest BCUT2D eigenvalue weighted by Gasteiger charge is -2.24. The third-order valence-corrected chi connectivity index (χ3v) is 5.51. The SMILES string of the molecule is NC(Cc1ccc(O)cc1)C(=O)NC(CS)C(=O)NC(Cc1cnc[nH]1)C(=O)NC(CC(=O)O)C(=O)O. The first-order chi connectivity index (χ1) is 17.5. The molecule has 2 aromatic rings. The van der Waals surface area contributed by atoms with Gasteiger partial charge in [0.2, 0.25) is 17.7 Å². The first kappa shape index (κ1) is 29.1. The summed E-state index contributed by atoms with van der Waals surface area (Å²) in [5, 5.41) is 34.5. The molecule has 1 aromatic heterocycles. The molecule has 0 saturated carbocycles. The Balaban J connectivity index is 2.09. The van der Waals surface area contributed by atoms with Crippen molar-refractivity contribution in [1.29, 1.82) is 0 Å². The number of H-pyrrole nitrogens is 1. The van der Waals surface area contributed by atoms with E-state index in [1.807, 2.05) is 0 Å². The van der Waals surface area contributed by atoms with Gasteiger partial charge in [-0.2, -0.15) is 12.6 Å². The third kappa shape index (κ3) is 9.46. The molecule has 0 bridgehead atoms. The number of aromatic hydroxyl groups is 1. The van der Waals surface area contributed by atoms with E-state index >= 15 is 0 Å². The van der Waals surface area contributed by atoms with E-state index in [1.54, 1.807) is 12.1 Å². The molecule has 0 aliphatic rings. The van der Waals surface area contributed by atoms with Crippen molar-refractivity contribution < 1.29 is 39.3 Å². The molecule has 37 heavy (non-hydrogen) atoms. The zero-order valence-electron chi connectivity index (χ0n) is 19.5. The number of imidazole rings is 1. The number of thiol groups is 1. The maximum Gasteiger partial charge on any atom is 0.326 e. The van der Waals surface area contributed by atoms with E-state index in [1.165, 1.54) is 24.7 Å². The minimum absolute atomic E-state index is 0.0555. The fourth-order valence-electron chi connectivity index (χ4n) is 3.20. The monoisotopic (exact) mass is 536 g/mol. The van der Waals surface area contributed by atoms with Gasteiger partial charge in [-0.05, 0) is 24.1 Å².